The van der Waals surface area contributed by atoms with E-state index in [4.69, 9.17) is 28.9 Å². The van der Waals surface area contributed by atoms with Crippen LogP contribution in [0.3, 0.4) is 0 Å². The van der Waals surface area contributed by atoms with Gasteiger partial charge in [-0.2, -0.15) is 0 Å². The molecule has 0 bridgehead atoms. The van der Waals surface area contributed by atoms with Crippen molar-refractivity contribution in [3.05, 3.63) is 58.1 Å². The van der Waals surface area contributed by atoms with Gasteiger partial charge in [0.1, 0.15) is 0 Å². The third kappa shape index (κ3) is 7.38. The summed E-state index contributed by atoms with van der Waals surface area (Å²) in [5, 5.41) is 6.32. The Morgan fingerprint density at radius 2 is 1.59 bits per heavy atom. The van der Waals surface area contributed by atoms with E-state index >= 15 is 0 Å². The van der Waals surface area contributed by atoms with Gasteiger partial charge in [0.2, 0.25) is 5.91 Å². The number of anilines is 2. The molecule has 3 amide bonds. The molecule has 0 aliphatic rings. The Bertz CT molecular complexity index is 888. The maximum absolute atomic E-state index is 12.4. The second-order valence-electron chi connectivity index (χ2n) is 6.52. The number of carbonyl (C=O) groups is 3. The van der Waals surface area contributed by atoms with Gasteiger partial charge in [-0.05, 0) is 48.9 Å². The Morgan fingerprint density at radius 3 is 2.14 bits per heavy atom. The van der Waals surface area contributed by atoms with Gasteiger partial charge in [0.15, 0.2) is 13.1 Å². The third-order valence-electron chi connectivity index (χ3n) is 4.08. The highest BCUT2D eigenvalue weighted by atomic mass is 35.5. The van der Waals surface area contributed by atoms with Crippen molar-refractivity contribution in [1.82, 2.24) is 0 Å². The molecule has 0 saturated carbocycles. The van der Waals surface area contributed by atoms with Crippen LogP contribution in [0.2, 0.25) is 10.0 Å². The lowest BCUT2D eigenvalue weighted by molar-refractivity contribution is -0.883. The summed E-state index contributed by atoms with van der Waals surface area (Å²) in [5.74, 6) is -1.03. The van der Waals surface area contributed by atoms with Crippen molar-refractivity contribution in [2.45, 2.75) is 13.3 Å². The van der Waals surface area contributed by atoms with Crippen LogP contribution in [0.1, 0.15) is 23.7 Å². The Kier molecular flexibility index (Phi) is 8.45. The van der Waals surface area contributed by atoms with Crippen molar-refractivity contribution in [3.63, 3.8) is 0 Å². The third-order valence-corrected chi connectivity index (χ3v) is 4.63. The van der Waals surface area contributed by atoms with E-state index in [9.17, 15) is 14.4 Å². The van der Waals surface area contributed by atoms with Crippen LogP contribution in [0.4, 0.5) is 11.4 Å². The van der Waals surface area contributed by atoms with Gasteiger partial charge in [0.05, 0.1) is 17.3 Å². The van der Waals surface area contributed by atoms with Gasteiger partial charge in [-0.15, -0.1) is 0 Å². The monoisotopic (exact) mass is 437 g/mol. The van der Waals surface area contributed by atoms with Crippen molar-refractivity contribution in [2.24, 2.45) is 5.73 Å². The average molecular weight is 438 g/mol. The van der Waals surface area contributed by atoms with E-state index in [0.29, 0.717) is 33.5 Å². The summed E-state index contributed by atoms with van der Waals surface area (Å²) < 4.78 is 0. The molecule has 2 aromatic rings. The van der Waals surface area contributed by atoms with E-state index in [1.54, 1.807) is 30.3 Å². The molecule has 29 heavy (non-hydrogen) atoms. The van der Waals surface area contributed by atoms with E-state index in [2.05, 4.69) is 10.6 Å². The van der Waals surface area contributed by atoms with Crippen molar-refractivity contribution in [1.29, 1.82) is 0 Å². The van der Waals surface area contributed by atoms with E-state index in [1.807, 2.05) is 6.92 Å². The van der Waals surface area contributed by atoms with E-state index in [0.717, 1.165) is 11.3 Å². The van der Waals surface area contributed by atoms with Crippen molar-refractivity contribution in [3.8, 4) is 0 Å². The van der Waals surface area contributed by atoms with E-state index in [1.165, 1.54) is 12.1 Å². The number of rotatable bonds is 9. The number of hydrogen-bond donors (Lipinski definition) is 4. The number of benzene rings is 2. The number of primary amides is 1. The summed E-state index contributed by atoms with van der Waals surface area (Å²) in [6.07, 6.45) is 0.810. The fourth-order valence-corrected chi connectivity index (χ4v) is 3.21. The minimum absolute atomic E-state index is 0.112. The molecule has 2 rings (SSSR count). The predicted molar refractivity (Wildman–Crippen MR) is 115 cm³/mol. The molecular formula is C20H23Cl2N4O3+. The minimum atomic E-state index is -0.534. The molecule has 0 radical (unpaired) electrons. The first kappa shape index (κ1) is 22.7. The van der Waals surface area contributed by atoms with Gasteiger partial charge in [0, 0.05) is 16.3 Å². The van der Waals surface area contributed by atoms with Crippen LogP contribution in [0.5, 0.6) is 0 Å². The summed E-state index contributed by atoms with van der Waals surface area (Å²) in [5.41, 5.74) is 6.58. The topological polar surface area (TPSA) is 106 Å². The van der Waals surface area contributed by atoms with Gasteiger partial charge < -0.3 is 21.3 Å². The van der Waals surface area contributed by atoms with Gasteiger partial charge in [-0.3, -0.25) is 14.4 Å². The quantitative estimate of drug-likeness (QED) is 0.481. The van der Waals surface area contributed by atoms with E-state index in [-0.39, 0.29) is 24.9 Å². The van der Waals surface area contributed by atoms with E-state index < -0.39 is 5.91 Å². The molecule has 5 N–H and O–H groups in total. The number of halogens is 2. The number of nitrogens with one attached hydrogen (secondary N) is 3. The van der Waals surface area contributed by atoms with Crippen molar-refractivity contribution >= 4 is 52.3 Å². The van der Waals surface area contributed by atoms with Crippen LogP contribution in [-0.4, -0.2) is 37.4 Å². The Hall–Kier alpha value is -2.61. The first-order chi connectivity index (χ1) is 13.8. The summed E-state index contributed by atoms with van der Waals surface area (Å²) in [7, 11) is 0. The molecule has 154 valence electrons. The SMILES string of the molecule is CCC[NH+](CC(=O)Nc1ccc(C(N)=O)cc1)CC(=O)Nc1ccc(Cl)cc1Cl. The Labute approximate surface area is 179 Å². The van der Waals surface area contributed by atoms with Crippen LogP contribution < -0.4 is 21.3 Å². The Balaban J connectivity index is 1.93. The first-order valence-corrected chi connectivity index (χ1v) is 9.82. The number of hydrogen-bond acceptors (Lipinski definition) is 3. The molecule has 9 heteroatoms. The average Bonchev–Trinajstić information content (AvgIpc) is 2.64. The summed E-state index contributed by atoms with van der Waals surface area (Å²) in [6.45, 7) is 2.86. The van der Waals surface area contributed by atoms with Gasteiger partial charge in [-0.25, -0.2) is 0 Å². The van der Waals surface area contributed by atoms with Gasteiger partial charge in [0.25, 0.3) is 11.8 Å². The summed E-state index contributed by atoms with van der Waals surface area (Å²) in [4.78, 5) is 36.6. The molecule has 0 heterocycles. The highest BCUT2D eigenvalue weighted by Crippen LogP contribution is 2.25. The normalized spacial score (nSPS) is 11.6. The molecule has 1 unspecified atom stereocenters. The fourth-order valence-electron chi connectivity index (χ4n) is 2.76. The molecule has 0 aliphatic heterocycles. The smallest absolute Gasteiger partial charge is 0.279 e. The zero-order valence-corrected chi connectivity index (χ0v) is 17.4. The van der Waals surface area contributed by atoms with Crippen molar-refractivity contribution in [2.75, 3.05) is 30.3 Å². The first-order valence-electron chi connectivity index (χ1n) is 9.06. The molecule has 2 aromatic carbocycles. The van der Waals surface area contributed by atoms with Crippen LogP contribution >= 0.6 is 23.2 Å². The standard InChI is InChI=1S/C20H22Cl2N4O3/c1-2-9-26(12-19(28)25-17-8-5-14(21)10-16(17)22)11-18(27)24-15-6-3-13(4-7-15)20(23)29/h3-8,10H,2,9,11-12H2,1H3,(H2,23,29)(H,24,27)(H,25,28)/p+1. The lowest BCUT2D eigenvalue weighted by Gasteiger charge is -2.18. The second-order valence-corrected chi connectivity index (χ2v) is 7.36. The maximum atomic E-state index is 12.4. The highest BCUT2D eigenvalue weighted by molar-refractivity contribution is 6.36. The molecule has 0 aliphatic carbocycles. The number of nitrogens with two attached hydrogens (primary N) is 1. The highest BCUT2D eigenvalue weighted by Gasteiger charge is 2.18. The summed E-state index contributed by atoms with van der Waals surface area (Å²) >= 11 is 11.9. The van der Waals surface area contributed by atoms with Crippen LogP contribution in [0, 0.1) is 0 Å². The molecule has 1 atom stereocenters. The maximum Gasteiger partial charge on any atom is 0.279 e. The zero-order chi connectivity index (χ0) is 21.4. The van der Waals surface area contributed by atoms with Gasteiger partial charge in [-0.1, -0.05) is 30.1 Å². The fraction of sp³-hybridized carbons (Fsp3) is 0.250. The van der Waals surface area contributed by atoms with Crippen LogP contribution in [-0.2, 0) is 9.59 Å². The minimum Gasteiger partial charge on any atom is -0.366 e. The Morgan fingerprint density at radius 1 is 0.966 bits per heavy atom. The molecular weight excluding hydrogens is 415 g/mol. The van der Waals surface area contributed by atoms with Crippen molar-refractivity contribution < 1.29 is 19.3 Å². The van der Waals surface area contributed by atoms with Crippen LogP contribution in [0.15, 0.2) is 42.5 Å². The lowest BCUT2D eigenvalue weighted by Crippen LogP contribution is -3.14. The number of quaternary nitrogens is 1. The zero-order valence-electron chi connectivity index (χ0n) is 15.9. The molecule has 0 saturated heterocycles. The lowest BCUT2D eigenvalue weighted by atomic mass is 10.2. The second kappa shape index (κ2) is 10.8. The molecule has 0 aromatic heterocycles. The largest absolute Gasteiger partial charge is 0.366 e. The van der Waals surface area contributed by atoms with Crippen LogP contribution in [0.25, 0.3) is 0 Å². The summed E-state index contributed by atoms with van der Waals surface area (Å²) in [6, 6.07) is 11.1. The molecule has 0 spiro atoms. The van der Waals surface area contributed by atoms with Gasteiger partial charge >= 0.3 is 0 Å². The number of carbonyl (C=O) groups excluding carboxylic acids is 3. The number of amides is 3. The molecule has 0 fully saturated rings. The predicted octanol–water partition coefficient (Wildman–Crippen LogP) is 1.96. The molecule has 7 nitrogen and oxygen atoms in total.